The number of aromatic nitrogens is 1. The Kier molecular flexibility index (Phi) is 9.85. The fourth-order valence-corrected chi connectivity index (χ4v) is 4.31. The van der Waals surface area contributed by atoms with Crippen molar-refractivity contribution in [3.05, 3.63) is 11.1 Å². The van der Waals surface area contributed by atoms with Crippen LogP contribution in [0, 0.1) is 5.92 Å². The molecule has 0 unspecified atom stereocenters. The highest BCUT2D eigenvalue weighted by Gasteiger charge is 2.26. The summed E-state index contributed by atoms with van der Waals surface area (Å²) in [7, 11) is 1.98. The third-order valence-corrected chi connectivity index (χ3v) is 5.86. The Morgan fingerprint density at radius 1 is 1.31 bits per heavy atom. The second-order valence-corrected chi connectivity index (χ2v) is 7.50. The summed E-state index contributed by atoms with van der Waals surface area (Å²) in [6.45, 7) is 3.51. The van der Waals surface area contributed by atoms with Crippen LogP contribution in [0.2, 0.25) is 0 Å². The predicted octanol–water partition coefficient (Wildman–Crippen LogP) is 2.50. The van der Waals surface area contributed by atoms with E-state index in [1.807, 2.05) is 17.3 Å². The van der Waals surface area contributed by atoms with Crippen LogP contribution in [0.15, 0.2) is 5.38 Å². The van der Waals surface area contributed by atoms with Crippen LogP contribution in [0.25, 0.3) is 0 Å². The lowest BCUT2D eigenvalue weighted by atomic mass is 9.93. The van der Waals surface area contributed by atoms with Crippen molar-refractivity contribution in [3.8, 4) is 0 Å². The van der Waals surface area contributed by atoms with E-state index >= 15 is 0 Å². The highest BCUT2D eigenvalue weighted by Crippen LogP contribution is 2.26. The molecule has 148 valence electrons. The minimum absolute atomic E-state index is 0. The predicted molar refractivity (Wildman–Crippen MR) is 110 cm³/mol. The van der Waals surface area contributed by atoms with E-state index < -0.39 is 0 Å². The Labute approximate surface area is 171 Å². The Morgan fingerprint density at radius 3 is 2.65 bits per heavy atom. The summed E-state index contributed by atoms with van der Waals surface area (Å²) in [5, 5.41) is 5.85. The number of nitrogens with one attached hydrogen (secondary N) is 1. The molecular weight excluding hydrogens is 395 g/mol. The topological polar surface area (TPSA) is 65.5 Å². The average Bonchev–Trinajstić information content (AvgIpc) is 3.22. The van der Waals surface area contributed by atoms with Crippen molar-refractivity contribution in [1.29, 1.82) is 0 Å². The summed E-state index contributed by atoms with van der Waals surface area (Å²) in [6, 6.07) is 0. The molecule has 0 aliphatic carbocycles. The van der Waals surface area contributed by atoms with Gasteiger partial charge in [-0.2, -0.15) is 0 Å². The lowest BCUT2D eigenvalue weighted by Crippen LogP contribution is -2.39. The minimum atomic E-state index is 0. The maximum Gasteiger partial charge on any atom is 0.228 e. The molecule has 0 radical (unpaired) electrons. The lowest BCUT2D eigenvalue weighted by Gasteiger charge is -2.32. The quantitative estimate of drug-likeness (QED) is 0.764. The molecule has 2 aliphatic rings. The van der Waals surface area contributed by atoms with Crippen molar-refractivity contribution in [3.63, 3.8) is 0 Å². The van der Waals surface area contributed by atoms with Gasteiger partial charge in [0, 0.05) is 31.4 Å². The number of carbonyl (C=O) groups excluding carboxylic acids is 2. The van der Waals surface area contributed by atoms with Gasteiger partial charge in [-0.25, -0.2) is 4.98 Å². The summed E-state index contributed by atoms with van der Waals surface area (Å²) in [4.78, 5) is 32.5. The van der Waals surface area contributed by atoms with Crippen molar-refractivity contribution in [2.45, 2.75) is 38.5 Å². The molecule has 1 aromatic rings. The van der Waals surface area contributed by atoms with E-state index in [9.17, 15) is 9.59 Å². The van der Waals surface area contributed by atoms with Gasteiger partial charge in [0.05, 0.1) is 12.1 Å². The van der Waals surface area contributed by atoms with Gasteiger partial charge >= 0.3 is 0 Å². The number of rotatable bonds is 6. The zero-order chi connectivity index (χ0) is 16.9. The molecule has 3 rings (SSSR count). The molecule has 6 nitrogen and oxygen atoms in total. The number of halogens is 2. The van der Waals surface area contributed by atoms with E-state index in [1.165, 1.54) is 17.8 Å². The van der Waals surface area contributed by atoms with Gasteiger partial charge in [-0.05, 0) is 45.2 Å². The molecule has 1 N–H and O–H groups in total. The SMILES string of the molecule is CNCCC1CCN(C(=O)Cc2csc(N3CCCC3=O)n2)CC1.Cl.Cl. The lowest BCUT2D eigenvalue weighted by molar-refractivity contribution is -0.131. The molecule has 2 amide bonds. The first-order valence-electron chi connectivity index (χ1n) is 8.84. The highest BCUT2D eigenvalue weighted by atomic mass is 35.5. The summed E-state index contributed by atoms with van der Waals surface area (Å²) in [6.07, 6.45) is 5.24. The van der Waals surface area contributed by atoms with Crippen molar-refractivity contribution in [2.24, 2.45) is 5.92 Å². The number of thiazole rings is 1. The first-order chi connectivity index (χ1) is 11.7. The number of amides is 2. The Morgan fingerprint density at radius 2 is 2.04 bits per heavy atom. The fraction of sp³-hybridized carbons (Fsp3) is 0.706. The van der Waals surface area contributed by atoms with Gasteiger partial charge in [-0.15, -0.1) is 36.2 Å². The smallest absolute Gasteiger partial charge is 0.228 e. The third-order valence-electron chi connectivity index (χ3n) is 4.95. The van der Waals surface area contributed by atoms with Crippen LogP contribution in [0.4, 0.5) is 5.13 Å². The molecule has 2 fully saturated rings. The van der Waals surface area contributed by atoms with E-state index in [0.717, 1.165) is 62.2 Å². The number of nitrogens with zero attached hydrogens (tertiary/aromatic N) is 3. The molecule has 26 heavy (non-hydrogen) atoms. The number of likely N-dealkylation sites (tertiary alicyclic amines) is 1. The summed E-state index contributed by atoms with van der Waals surface area (Å²) >= 11 is 1.46. The van der Waals surface area contributed by atoms with E-state index in [-0.39, 0.29) is 36.6 Å². The molecule has 2 saturated heterocycles. The van der Waals surface area contributed by atoms with Gasteiger partial charge in [-0.3, -0.25) is 14.5 Å². The number of anilines is 1. The molecule has 2 aliphatic heterocycles. The average molecular weight is 423 g/mol. The third kappa shape index (κ3) is 5.81. The molecule has 0 bridgehead atoms. The van der Waals surface area contributed by atoms with Crippen LogP contribution >= 0.6 is 36.2 Å². The van der Waals surface area contributed by atoms with Gasteiger partial charge < -0.3 is 10.2 Å². The molecule has 0 atom stereocenters. The second kappa shape index (κ2) is 11.1. The van der Waals surface area contributed by atoms with Crippen LogP contribution in [0.1, 0.15) is 37.8 Å². The van der Waals surface area contributed by atoms with Crippen molar-refractivity contribution in [2.75, 3.05) is 38.1 Å². The Balaban J connectivity index is 0.00000169. The van der Waals surface area contributed by atoms with Gasteiger partial charge in [-0.1, -0.05) is 0 Å². The largest absolute Gasteiger partial charge is 0.342 e. The number of hydrogen-bond acceptors (Lipinski definition) is 5. The second-order valence-electron chi connectivity index (χ2n) is 6.66. The van der Waals surface area contributed by atoms with E-state index in [2.05, 4.69) is 10.3 Å². The maximum absolute atomic E-state index is 12.5. The Bertz CT molecular complexity index is 591. The van der Waals surface area contributed by atoms with Crippen molar-refractivity contribution >= 4 is 53.1 Å². The van der Waals surface area contributed by atoms with E-state index in [4.69, 9.17) is 0 Å². The standard InChI is InChI=1S/C17H26N4O2S.2ClH/c1-18-7-4-13-5-9-20(10-6-13)16(23)11-14-12-24-17(19-14)21-8-2-3-15(21)22;;/h12-13,18H,2-11H2,1H3;2*1H. The molecule has 0 saturated carbocycles. The molecule has 0 aromatic carbocycles. The number of piperidine rings is 1. The summed E-state index contributed by atoms with van der Waals surface area (Å²) in [5.41, 5.74) is 0.789. The van der Waals surface area contributed by atoms with Gasteiger partial charge in [0.1, 0.15) is 0 Å². The number of hydrogen-bond donors (Lipinski definition) is 1. The van der Waals surface area contributed by atoms with Crippen LogP contribution in [0.5, 0.6) is 0 Å². The van der Waals surface area contributed by atoms with Crippen LogP contribution in [-0.2, 0) is 16.0 Å². The van der Waals surface area contributed by atoms with Crippen LogP contribution in [-0.4, -0.2) is 54.9 Å². The molecule has 1 aromatic heterocycles. The van der Waals surface area contributed by atoms with Gasteiger partial charge in [0.25, 0.3) is 0 Å². The Hall–Kier alpha value is -0.890. The zero-order valence-electron chi connectivity index (χ0n) is 15.1. The molecular formula is C17H28Cl2N4O2S. The monoisotopic (exact) mass is 422 g/mol. The molecule has 0 spiro atoms. The molecule has 9 heteroatoms. The van der Waals surface area contributed by atoms with Crippen LogP contribution < -0.4 is 10.2 Å². The first kappa shape index (κ1) is 23.1. The minimum Gasteiger partial charge on any atom is -0.342 e. The summed E-state index contributed by atoms with van der Waals surface area (Å²) in [5.74, 6) is 1.03. The van der Waals surface area contributed by atoms with Crippen molar-refractivity contribution in [1.82, 2.24) is 15.2 Å². The highest BCUT2D eigenvalue weighted by molar-refractivity contribution is 7.14. The van der Waals surface area contributed by atoms with E-state index in [0.29, 0.717) is 12.8 Å². The first-order valence-corrected chi connectivity index (χ1v) is 9.72. The molecule has 3 heterocycles. The van der Waals surface area contributed by atoms with E-state index in [1.54, 1.807) is 4.90 Å². The fourth-order valence-electron chi connectivity index (χ4n) is 3.44. The van der Waals surface area contributed by atoms with Gasteiger partial charge in [0.2, 0.25) is 11.8 Å². The van der Waals surface area contributed by atoms with Crippen molar-refractivity contribution < 1.29 is 9.59 Å². The maximum atomic E-state index is 12.5. The zero-order valence-corrected chi connectivity index (χ0v) is 17.6. The van der Waals surface area contributed by atoms with Gasteiger partial charge in [0.15, 0.2) is 5.13 Å². The normalized spacial score (nSPS) is 17.8. The number of carbonyl (C=O) groups is 2. The summed E-state index contributed by atoms with van der Waals surface area (Å²) < 4.78 is 0. The van der Waals surface area contributed by atoms with Crippen LogP contribution in [0.3, 0.4) is 0 Å².